The molecule has 4 heteroatoms. The van der Waals surface area contributed by atoms with Gasteiger partial charge in [0.15, 0.2) is 0 Å². The maximum absolute atomic E-state index is 9.88. The van der Waals surface area contributed by atoms with E-state index in [9.17, 15) is 5.11 Å². The van der Waals surface area contributed by atoms with Crippen LogP contribution in [0.25, 0.3) is 10.9 Å². The van der Waals surface area contributed by atoms with Gasteiger partial charge in [0, 0.05) is 35.2 Å². The number of hydrogen-bond acceptors (Lipinski definition) is 3. The molecule has 0 saturated heterocycles. The van der Waals surface area contributed by atoms with Crippen molar-refractivity contribution in [2.24, 2.45) is 11.5 Å². The molecule has 0 fully saturated rings. The maximum atomic E-state index is 9.88. The Labute approximate surface area is 81.5 Å². The molecule has 0 radical (unpaired) electrons. The van der Waals surface area contributed by atoms with E-state index in [0.717, 1.165) is 10.9 Å². The van der Waals surface area contributed by atoms with E-state index in [4.69, 9.17) is 11.5 Å². The zero-order valence-electron chi connectivity index (χ0n) is 7.70. The zero-order valence-corrected chi connectivity index (χ0v) is 7.70. The Morgan fingerprint density at radius 3 is 2.86 bits per heavy atom. The van der Waals surface area contributed by atoms with Crippen LogP contribution in [0.4, 0.5) is 0 Å². The second-order valence-corrected chi connectivity index (χ2v) is 3.28. The van der Waals surface area contributed by atoms with Crippen LogP contribution in [0.3, 0.4) is 0 Å². The van der Waals surface area contributed by atoms with Gasteiger partial charge in [0.25, 0.3) is 0 Å². The summed E-state index contributed by atoms with van der Waals surface area (Å²) in [5.74, 6) is 0.224. The Kier molecular flexibility index (Phi) is 2.15. The number of benzene rings is 1. The van der Waals surface area contributed by atoms with Crippen LogP contribution >= 0.6 is 0 Å². The van der Waals surface area contributed by atoms with Gasteiger partial charge in [0.05, 0.1) is 0 Å². The fraction of sp³-hybridized carbons (Fsp3) is 0.200. The molecule has 2 rings (SSSR count). The highest BCUT2D eigenvalue weighted by atomic mass is 16.3. The van der Waals surface area contributed by atoms with Crippen molar-refractivity contribution < 1.29 is 5.11 Å². The lowest BCUT2D eigenvalue weighted by atomic mass is 10.0. The highest BCUT2D eigenvalue weighted by Gasteiger charge is 2.11. The summed E-state index contributed by atoms with van der Waals surface area (Å²) in [4.78, 5) is 3.01. The summed E-state index contributed by atoms with van der Waals surface area (Å²) in [6.07, 6.45) is 1.78. The molecular formula is C10H13N3O. The molecule has 74 valence electrons. The summed E-state index contributed by atoms with van der Waals surface area (Å²) in [6.45, 7) is 0.323. The van der Waals surface area contributed by atoms with Gasteiger partial charge in [-0.3, -0.25) is 0 Å². The molecule has 4 nitrogen and oxygen atoms in total. The molecule has 0 spiro atoms. The fourth-order valence-electron chi connectivity index (χ4n) is 1.56. The van der Waals surface area contributed by atoms with Gasteiger partial charge in [-0.25, -0.2) is 0 Å². The predicted octanol–water partition coefficient (Wildman–Crippen LogP) is 0.832. The standard InChI is InChI=1S/C10H13N3O/c11-5-8(12)6-1-2-9-7(10(6)14)3-4-13-9/h1-4,8,13-14H,5,11-12H2/t8-/m0/s1. The molecule has 0 aliphatic rings. The van der Waals surface area contributed by atoms with Crippen LogP contribution in [0.15, 0.2) is 24.4 Å². The smallest absolute Gasteiger partial charge is 0.129 e. The number of hydrogen-bond donors (Lipinski definition) is 4. The quantitative estimate of drug-likeness (QED) is 0.567. The summed E-state index contributed by atoms with van der Waals surface area (Å²) >= 11 is 0. The van der Waals surface area contributed by atoms with Crippen LogP contribution in [0, 0.1) is 0 Å². The maximum Gasteiger partial charge on any atom is 0.129 e. The molecule has 0 amide bonds. The predicted molar refractivity (Wildman–Crippen MR) is 55.9 cm³/mol. The van der Waals surface area contributed by atoms with Crippen molar-refractivity contribution in [3.63, 3.8) is 0 Å². The van der Waals surface area contributed by atoms with E-state index in [-0.39, 0.29) is 11.8 Å². The first-order valence-electron chi connectivity index (χ1n) is 4.48. The summed E-state index contributed by atoms with van der Waals surface area (Å²) < 4.78 is 0. The molecule has 0 unspecified atom stereocenters. The van der Waals surface area contributed by atoms with Crippen LogP contribution in [-0.4, -0.2) is 16.6 Å². The first kappa shape index (κ1) is 9.05. The van der Waals surface area contributed by atoms with Crippen LogP contribution in [0.5, 0.6) is 5.75 Å². The Bertz CT molecular complexity index is 450. The largest absolute Gasteiger partial charge is 0.507 e. The van der Waals surface area contributed by atoms with E-state index in [1.54, 1.807) is 12.3 Å². The normalized spacial score (nSPS) is 13.3. The number of H-pyrrole nitrogens is 1. The number of aromatic nitrogens is 1. The molecule has 14 heavy (non-hydrogen) atoms. The van der Waals surface area contributed by atoms with Crippen molar-refractivity contribution in [3.05, 3.63) is 30.0 Å². The Balaban J connectivity index is 2.61. The summed E-state index contributed by atoms with van der Waals surface area (Å²) in [6, 6.07) is 5.19. The molecule has 1 aromatic carbocycles. The van der Waals surface area contributed by atoms with E-state index in [1.807, 2.05) is 12.1 Å². The molecule has 0 aliphatic carbocycles. The lowest BCUT2D eigenvalue weighted by Crippen LogP contribution is -2.20. The topological polar surface area (TPSA) is 88.1 Å². The van der Waals surface area contributed by atoms with E-state index < -0.39 is 0 Å². The molecule has 2 aromatic rings. The fourth-order valence-corrected chi connectivity index (χ4v) is 1.56. The second kappa shape index (κ2) is 3.32. The summed E-state index contributed by atoms with van der Waals surface area (Å²) in [5.41, 5.74) is 12.8. The number of aromatic amines is 1. The van der Waals surface area contributed by atoms with Gasteiger partial charge >= 0.3 is 0 Å². The minimum absolute atomic E-state index is 0.224. The average Bonchev–Trinajstić information content (AvgIpc) is 2.66. The van der Waals surface area contributed by atoms with Crippen molar-refractivity contribution >= 4 is 10.9 Å². The third-order valence-electron chi connectivity index (χ3n) is 2.39. The SMILES string of the molecule is NC[C@H](N)c1ccc2[nH]ccc2c1O. The van der Waals surface area contributed by atoms with Gasteiger partial charge in [0.1, 0.15) is 5.75 Å². The zero-order chi connectivity index (χ0) is 10.1. The van der Waals surface area contributed by atoms with Gasteiger partial charge in [-0.05, 0) is 12.1 Å². The first-order valence-corrected chi connectivity index (χ1v) is 4.48. The van der Waals surface area contributed by atoms with Crippen LogP contribution in [0.2, 0.25) is 0 Å². The van der Waals surface area contributed by atoms with Gasteiger partial charge in [-0.2, -0.15) is 0 Å². The van der Waals surface area contributed by atoms with Crippen molar-refractivity contribution in [2.45, 2.75) is 6.04 Å². The lowest BCUT2D eigenvalue weighted by molar-refractivity contribution is 0.468. The van der Waals surface area contributed by atoms with Gasteiger partial charge in [-0.1, -0.05) is 6.07 Å². The first-order chi connectivity index (χ1) is 6.74. The molecule has 1 aromatic heterocycles. The van der Waals surface area contributed by atoms with E-state index in [2.05, 4.69) is 4.98 Å². The van der Waals surface area contributed by atoms with E-state index in [1.165, 1.54) is 0 Å². The minimum atomic E-state index is -0.311. The van der Waals surface area contributed by atoms with Crippen LogP contribution in [-0.2, 0) is 0 Å². The number of nitrogens with one attached hydrogen (secondary N) is 1. The number of rotatable bonds is 2. The number of nitrogens with two attached hydrogens (primary N) is 2. The molecule has 1 heterocycles. The molecule has 0 saturated carbocycles. The summed E-state index contributed by atoms with van der Waals surface area (Å²) in [5, 5.41) is 10.7. The van der Waals surface area contributed by atoms with Crippen molar-refractivity contribution in [2.75, 3.05) is 6.54 Å². The molecule has 0 aliphatic heterocycles. The monoisotopic (exact) mass is 191 g/mol. The van der Waals surface area contributed by atoms with Crippen LogP contribution < -0.4 is 11.5 Å². The van der Waals surface area contributed by atoms with Gasteiger partial charge in [0.2, 0.25) is 0 Å². The minimum Gasteiger partial charge on any atom is -0.507 e. The lowest BCUT2D eigenvalue weighted by Gasteiger charge is -2.11. The summed E-state index contributed by atoms with van der Waals surface area (Å²) in [7, 11) is 0. The molecule has 1 atom stereocenters. The second-order valence-electron chi connectivity index (χ2n) is 3.28. The average molecular weight is 191 g/mol. The Morgan fingerprint density at radius 2 is 2.14 bits per heavy atom. The number of aromatic hydroxyl groups is 1. The van der Waals surface area contributed by atoms with Crippen molar-refractivity contribution in [1.29, 1.82) is 0 Å². The third-order valence-corrected chi connectivity index (χ3v) is 2.39. The van der Waals surface area contributed by atoms with E-state index >= 15 is 0 Å². The van der Waals surface area contributed by atoms with Crippen molar-refractivity contribution in [1.82, 2.24) is 4.98 Å². The molecule has 6 N–H and O–H groups in total. The number of phenols is 1. The van der Waals surface area contributed by atoms with Crippen LogP contribution in [0.1, 0.15) is 11.6 Å². The highest BCUT2D eigenvalue weighted by Crippen LogP contribution is 2.30. The van der Waals surface area contributed by atoms with Gasteiger partial charge in [-0.15, -0.1) is 0 Å². The molecular weight excluding hydrogens is 178 g/mol. The Hall–Kier alpha value is -1.52. The number of fused-ring (bicyclic) bond motifs is 1. The van der Waals surface area contributed by atoms with E-state index in [0.29, 0.717) is 12.1 Å². The third kappa shape index (κ3) is 1.25. The van der Waals surface area contributed by atoms with Gasteiger partial charge < -0.3 is 21.6 Å². The Morgan fingerprint density at radius 1 is 1.36 bits per heavy atom. The molecule has 0 bridgehead atoms. The highest BCUT2D eigenvalue weighted by molar-refractivity contribution is 5.87. The van der Waals surface area contributed by atoms with Crippen molar-refractivity contribution in [3.8, 4) is 5.75 Å². The number of phenolic OH excluding ortho intramolecular Hbond substituents is 1.